The van der Waals surface area contributed by atoms with Crippen LogP contribution in [0.3, 0.4) is 0 Å². The lowest BCUT2D eigenvalue weighted by Crippen LogP contribution is -2.33. The molecule has 0 saturated heterocycles. The third-order valence-electron chi connectivity index (χ3n) is 4.48. The van der Waals surface area contributed by atoms with E-state index in [0.717, 1.165) is 5.56 Å². The molecule has 1 amide bonds. The molecule has 3 rings (SSSR count). The van der Waals surface area contributed by atoms with Gasteiger partial charge in [0, 0.05) is 17.5 Å². The van der Waals surface area contributed by atoms with Gasteiger partial charge in [-0.3, -0.25) is 4.79 Å². The van der Waals surface area contributed by atoms with E-state index in [4.69, 9.17) is 13.9 Å². The van der Waals surface area contributed by atoms with Crippen LogP contribution < -0.4 is 20.4 Å². The second-order valence-electron chi connectivity index (χ2n) is 7.77. The highest BCUT2D eigenvalue weighted by atomic mass is 16.6. The molecule has 1 heterocycles. The first-order valence-electron chi connectivity index (χ1n) is 10.0. The molecule has 0 aliphatic rings. The Morgan fingerprint density at radius 1 is 1.00 bits per heavy atom. The largest absolute Gasteiger partial charge is 0.482 e. The van der Waals surface area contributed by atoms with Gasteiger partial charge >= 0.3 is 11.6 Å². The summed E-state index contributed by atoms with van der Waals surface area (Å²) in [6, 6.07) is 13.5. The minimum absolute atomic E-state index is 0.0806. The van der Waals surface area contributed by atoms with Crippen molar-refractivity contribution >= 4 is 22.8 Å². The van der Waals surface area contributed by atoms with Gasteiger partial charge in [0.05, 0.1) is 0 Å². The Kier molecular flexibility index (Phi) is 6.74. The average molecular weight is 423 g/mol. The molecule has 0 aliphatic heterocycles. The lowest BCUT2D eigenvalue weighted by molar-refractivity contribution is -0.136. The van der Waals surface area contributed by atoms with E-state index in [1.54, 1.807) is 32.0 Å². The van der Waals surface area contributed by atoms with Crippen LogP contribution in [0, 0.1) is 0 Å². The Labute approximate surface area is 180 Å². The van der Waals surface area contributed by atoms with Crippen molar-refractivity contribution in [3.63, 3.8) is 0 Å². The Bertz CT molecular complexity index is 1160. The van der Waals surface area contributed by atoms with Crippen LogP contribution in [-0.2, 0) is 4.79 Å². The smallest absolute Gasteiger partial charge is 0.349 e. The fourth-order valence-corrected chi connectivity index (χ4v) is 2.92. The summed E-state index contributed by atoms with van der Waals surface area (Å²) in [5.41, 5.74) is 0.476. The van der Waals surface area contributed by atoms with Gasteiger partial charge in [-0.15, -0.1) is 0 Å². The summed E-state index contributed by atoms with van der Waals surface area (Å²) >= 11 is 0. The standard InChI is InChI=1S/C24H25NO6/c1-14(2)16-6-5-7-18(10-16)29-13-22(26)30-19-9-8-17-11-20(23(27)25-15(3)4)24(28)31-21(17)12-19/h5-12,14-15H,13H2,1-4H3,(H,25,27). The molecule has 0 bridgehead atoms. The molecule has 1 N–H and O–H groups in total. The van der Waals surface area contributed by atoms with Gasteiger partial charge in [0.15, 0.2) is 6.61 Å². The number of carbonyl (C=O) groups excluding carboxylic acids is 2. The Morgan fingerprint density at radius 3 is 2.48 bits per heavy atom. The minimum atomic E-state index is -0.762. The Morgan fingerprint density at radius 2 is 1.77 bits per heavy atom. The first-order chi connectivity index (χ1) is 14.7. The maximum Gasteiger partial charge on any atom is 0.349 e. The fraction of sp³-hybridized carbons (Fsp3) is 0.292. The Balaban J connectivity index is 1.69. The fourth-order valence-electron chi connectivity index (χ4n) is 2.92. The minimum Gasteiger partial charge on any atom is -0.482 e. The molecule has 7 heteroatoms. The van der Waals surface area contributed by atoms with E-state index in [0.29, 0.717) is 17.1 Å². The highest BCUT2D eigenvalue weighted by Gasteiger charge is 2.15. The van der Waals surface area contributed by atoms with E-state index < -0.39 is 17.5 Å². The molecule has 0 aliphatic carbocycles. The third kappa shape index (κ3) is 5.72. The zero-order valence-corrected chi connectivity index (χ0v) is 17.9. The monoisotopic (exact) mass is 423 g/mol. The zero-order chi connectivity index (χ0) is 22.5. The lowest BCUT2D eigenvalue weighted by atomic mass is 10.0. The number of ether oxygens (including phenoxy) is 2. The van der Waals surface area contributed by atoms with Crippen LogP contribution >= 0.6 is 0 Å². The van der Waals surface area contributed by atoms with Gasteiger partial charge in [-0.1, -0.05) is 26.0 Å². The van der Waals surface area contributed by atoms with Crippen molar-refractivity contribution in [1.29, 1.82) is 0 Å². The number of esters is 1. The summed E-state index contributed by atoms with van der Waals surface area (Å²) in [6.07, 6.45) is 0. The van der Waals surface area contributed by atoms with E-state index in [1.807, 2.05) is 18.2 Å². The van der Waals surface area contributed by atoms with Crippen molar-refractivity contribution in [3.05, 3.63) is 70.1 Å². The second-order valence-corrected chi connectivity index (χ2v) is 7.77. The normalized spacial score (nSPS) is 11.0. The molecule has 3 aromatic rings. The number of benzene rings is 2. The molecule has 31 heavy (non-hydrogen) atoms. The van der Waals surface area contributed by atoms with Crippen LogP contribution in [0.5, 0.6) is 11.5 Å². The van der Waals surface area contributed by atoms with Gasteiger partial charge in [0.25, 0.3) is 5.91 Å². The number of nitrogens with one attached hydrogen (secondary N) is 1. The van der Waals surface area contributed by atoms with Crippen LogP contribution in [-0.4, -0.2) is 24.5 Å². The van der Waals surface area contributed by atoms with Gasteiger partial charge in [0.2, 0.25) is 0 Å². The van der Waals surface area contributed by atoms with E-state index >= 15 is 0 Å². The van der Waals surface area contributed by atoms with E-state index in [1.165, 1.54) is 12.1 Å². The predicted molar refractivity (Wildman–Crippen MR) is 117 cm³/mol. The van der Waals surface area contributed by atoms with Crippen LogP contribution in [0.15, 0.2) is 57.7 Å². The van der Waals surface area contributed by atoms with Gasteiger partial charge in [0.1, 0.15) is 22.6 Å². The third-order valence-corrected chi connectivity index (χ3v) is 4.48. The van der Waals surface area contributed by atoms with Crippen LogP contribution in [0.1, 0.15) is 49.5 Å². The number of rotatable bonds is 7. The highest BCUT2D eigenvalue weighted by molar-refractivity contribution is 5.96. The molecule has 0 fully saturated rings. The first kappa shape index (κ1) is 22.1. The van der Waals surface area contributed by atoms with Gasteiger partial charge in [-0.05, 0) is 55.7 Å². The van der Waals surface area contributed by atoms with Crippen molar-refractivity contribution in [2.75, 3.05) is 6.61 Å². The quantitative estimate of drug-likeness (QED) is 0.350. The van der Waals surface area contributed by atoms with Crippen molar-refractivity contribution < 1.29 is 23.5 Å². The number of fused-ring (bicyclic) bond motifs is 1. The molecule has 1 aromatic heterocycles. The first-order valence-corrected chi connectivity index (χ1v) is 10.0. The molecule has 0 unspecified atom stereocenters. The van der Waals surface area contributed by atoms with E-state index in [-0.39, 0.29) is 29.5 Å². The van der Waals surface area contributed by atoms with E-state index in [2.05, 4.69) is 19.2 Å². The predicted octanol–water partition coefficient (Wildman–Crippen LogP) is 4.04. The van der Waals surface area contributed by atoms with Crippen LogP contribution in [0.25, 0.3) is 11.0 Å². The van der Waals surface area contributed by atoms with E-state index in [9.17, 15) is 14.4 Å². The molecular formula is C24H25NO6. The summed E-state index contributed by atoms with van der Waals surface area (Å²) < 4.78 is 16.0. The van der Waals surface area contributed by atoms with Crippen LogP contribution in [0.2, 0.25) is 0 Å². The topological polar surface area (TPSA) is 94.8 Å². The number of carbonyl (C=O) groups is 2. The molecule has 0 saturated carbocycles. The molecule has 0 spiro atoms. The SMILES string of the molecule is CC(C)NC(=O)c1cc2ccc(OC(=O)COc3cccc(C(C)C)c3)cc2oc1=O. The number of hydrogen-bond donors (Lipinski definition) is 1. The van der Waals surface area contributed by atoms with Gasteiger partial charge < -0.3 is 19.2 Å². The summed E-state index contributed by atoms with van der Waals surface area (Å²) in [4.78, 5) is 36.5. The maximum absolute atomic E-state index is 12.2. The molecule has 0 radical (unpaired) electrons. The molecule has 0 atom stereocenters. The van der Waals surface area contributed by atoms with Gasteiger partial charge in [-0.2, -0.15) is 0 Å². The summed E-state index contributed by atoms with van der Waals surface area (Å²) in [5.74, 6) is 0.0450. The summed E-state index contributed by atoms with van der Waals surface area (Å²) in [6.45, 7) is 7.48. The molecule has 7 nitrogen and oxygen atoms in total. The van der Waals surface area contributed by atoms with Crippen molar-refractivity contribution in [3.8, 4) is 11.5 Å². The molecular weight excluding hydrogens is 398 g/mol. The second kappa shape index (κ2) is 9.47. The zero-order valence-electron chi connectivity index (χ0n) is 17.9. The van der Waals surface area contributed by atoms with Crippen molar-refractivity contribution in [2.24, 2.45) is 0 Å². The molecule has 2 aromatic carbocycles. The summed E-state index contributed by atoms with van der Waals surface area (Å²) in [7, 11) is 0. The molecule has 162 valence electrons. The van der Waals surface area contributed by atoms with Crippen molar-refractivity contribution in [2.45, 2.75) is 39.7 Å². The highest BCUT2D eigenvalue weighted by Crippen LogP contribution is 2.22. The summed E-state index contributed by atoms with van der Waals surface area (Å²) in [5, 5.41) is 3.19. The maximum atomic E-state index is 12.2. The lowest BCUT2D eigenvalue weighted by Gasteiger charge is -2.10. The average Bonchev–Trinajstić information content (AvgIpc) is 2.71. The van der Waals surface area contributed by atoms with Crippen LogP contribution in [0.4, 0.5) is 0 Å². The Hall–Kier alpha value is -3.61. The van der Waals surface area contributed by atoms with Gasteiger partial charge in [-0.25, -0.2) is 9.59 Å². The number of amides is 1. The number of hydrogen-bond acceptors (Lipinski definition) is 6. The van der Waals surface area contributed by atoms with Crippen molar-refractivity contribution in [1.82, 2.24) is 5.32 Å².